The van der Waals surface area contributed by atoms with Crippen molar-refractivity contribution < 1.29 is 108 Å². The van der Waals surface area contributed by atoms with E-state index in [1.165, 1.54) is 0 Å². The van der Waals surface area contributed by atoms with Crippen LogP contribution in [0.15, 0.2) is 0 Å². The lowest BCUT2D eigenvalue weighted by atomic mass is 9.89. The van der Waals surface area contributed by atoms with Crippen LogP contribution in [0.3, 0.4) is 0 Å². The zero-order valence-corrected chi connectivity index (χ0v) is 34.2. The maximum absolute atomic E-state index is 13.7. The van der Waals surface area contributed by atoms with Crippen molar-refractivity contribution in [3.05, 3.63) is 0 Å². The average molecular weight is 845 g/mol. The third-order valence-corrected chi connectivity index (χ3v) is 9.56. The summed E-state index contributed by atoms with van der Waals surface area (Å²) in [7, 11) is 0.952. The van der Waals surface area contributed by atoms with E-state index in [9.17, 15) is 74.4 Å². The summed E-state index contributed by atoms with van der Waals surface area (Å²) >= 11 is 0. The van der Waals surface area contributed by atoms with Crippen LogP contribution in [0.5, 0.6) is 0 Å². The molecule has 0 heterocycles. The second kappa shape index (κ2) is 22.4. The number of aliphatic hydroxyl groups excluding tert-OH is 8. The van der Waals surface area contributed by atoms with Crippen LogP contribution < -0.4 is 0 Å². The van der Waals surface area contributed by atoms with Crippen molar-refractivity contribution in [2.75, 3.05) is 99.6 Å². The van der Waals surface area contributed by atoms with Gasteiger partial charge in [-0.3, -0.25) is 33.6 Å². The molecule has 0 aromatic carbocycles. The largest absolute Gasteiger partial charge is 0.468 e. The third kappa shape index (κ3) is 13.5. The first-order valence-electron chi connectivity index (χ1n) is 17.7. The molecule has 0 spiro atoms. The molecule has 22 nitrogen and oxygen atoms in total. The lowest BCUT2D eigenvalue weighted by Crippen LogP contribution is -2.48. The number of methoxy groups -OCH3 is 1. The molecule has 0 unspecified atom stereocenters. The second-order valence-electron chi connectivity index (χ2n) is 16.1. The lowest BCUT2D eigenvalue weighted by Gasteiger charge is -2.33. The van der Waals surface area contributed by atoms with Gasteiger partial charge in [0.25, 0.3) is 0 Å². The van der Waals surface area contributed by atoms with Crippen LogP contribution in [0.1, 0.15) is 48.5 Å². The van der Waals surface area contributed by atoms with Gasteiger partial charge < -0.3 is 74.0 Å². The molecule has 0 aromatic heterocycles. The summed E-state index contributed by atoms with van der Waals surface area (Å²) in [5.41, 5.74) is -13.5. The predicted octanol–water partition coefficient (Wildman–Crippen LogP) is -3.60. The van der Waals surface area contributed by atoms with Crippen LogP contribution >= 0.6 is 0 Å². The molecule has 0 aliphatic heterocycles. The quantitative estimate of drug-likeness (QED) is 0.0292. The van der Waals surface area contributed by atoms with Gasteiger partial charge in [-0.1, -0.05) is 0 Å². The van der Waals surface area contributed by atoms with Crippen LogP contribution in [0.2, 0.25) is 0 Å². The number of ether oxygens (including phenoxy) is 7. The summed E-state index contributed by atoms with van der Waals surface area (Å²) in [4.78, 5) is 91.2. The van der Waals surface area contributed by atoms with Gasteiger partial charge in [0.1, 0.15) is 77.5 Å². The van der Waals surface area contributed by atoms with Gasteiger partial charge in [0.05, 0.1) is 60.0 Å². The Kier molecular flexibility index (Phi) is 20.8. The highest BCUT2D eigenvalue weighted by molar-refractivity contribution is 5.83. The number of hydrogen-bond donors (Lipinski definition) is 8. The first-order valence-corrected chi connectivity index (χ1v) is 17.7. The Balaban J connectivity index is 6.56. The summed E-state index contributed by atoms with van der Waals surface area (Å²) < 4.78 is 36.3. The van der Waals surface area contributed by atoms with Crippen LogP contribution in [0.25, 0.3) is 0 Å². The van der Waals surface area contributed by atoms with Crippen LogP contribution in [-0.2, 0) is 66.7 Å². The van der Waals surface area contributed by atoms with Crippen molar-refractivity contribution in [3.63, 3.8) is 0 Å². The van der Waals surface area contributed by atoms with E-state index in [0.29, 0.717) is 0 Å². The van der Waals surface area contributed by atoms with Gasteiger partial charge in [-0.2, -0.15) is 0 Å². The number of esters is 7. The van der Waals surface area contributed by atoms with Crippen molar-refractivity contribution in [1.82, 2.24) is 0 Å². The zero-order valence-electron chi connectivity index (χ0n) is 34.2. The van der Waals surface area contributed by atoms with Crippen molar-refractivity contribution in [1.29, 1.82) is 0 Å². The smallest absolute Gasteiger partial charge is 0.318 e. The first kappa shape index (κ1) is 54.0. The summed E-state index contributed by atoms with van der Waals surface area (Å²) in [5.74, 6) is -8.35. The first-order chi connectivity index (χ1) is 26.7. The molecule has 8 N–H and O–H groups in total. The molecule has 0 fully saturated rings. The molecule has 0 aromatic rings. The Morgan fingerprint density at radius 2 is 0.431 bits per heavy atom. The highest BCUT2D eigenvalue weighted by Crippen LogP contribution is 2.30. The molecule has 0 atom stereocenters. The van der Waals surface area contributed by atoms with E-state index in [0.717, 1.165) is 55.6 Å². The predicted molar refractivity (Wildman–Crippen MR) is 191 cm³/mol. The van der Waals surface area contributed by atoms with Gasteiger partial charge in [-0.05, 0) is 48.5 Å². The Labute approximate surface area is 335 Å². The lowest BCUT2D eigenvalue weighted by molar-refractivity contribution is -0.184. The molecule has 0 amide bonds. The summed E-state index contributed by atoms with van der Waals surface area (Å²) in [6, 6.07) is 0. The Bertz CT molecular complexity index is 1250. The molecule has 0 rings (SSSR count). The maximum atomic E-state index is 13.7. The maximum Gasteiger partial charge on any atom is 0.318 e. The van der Waals surface area contributed by atoms with E-state index in [2.05, 4.69) is 0 Å². The summed E-state index contributed by atoms with van der Waals surface area (Å²) in [6.45, 7) is -4.39. The summed E-state index contributed by atoms with van der Waals surface area (Å²) in [5, 5.41) is 76.7. The molecule has 22 heteroatoms. The number of hydrogen-bond acceptors (Lipinski definition) is 22. The van der Waals surface area contributed by atoms with Crippen LogP contribution in [0, 0.1) is 37.9 Å². The fourth-order valence-electron chi connectivity index (χ4n) is 3.84. The van der Waals surface area contributed by atoms with E-state index in [-0.39, 0.29) is 0 Å². The molecular weight excluding hydrogens is 784 g/mol. The van der Waals surface area contributed by atoms with E-state index in [4.69, 9.17) is 33.2 Å². The number of aliphatic hydroxyl groups is 8. The molecule has 58 heavy (non-hydrogen) atoms. The summed E-state index contributed by atoms with van der Waals surface area (Å²) in [6.07, 6.45) is 0. The standard InChI is InChI=1S/C36H60O22/c1-30(9-37,10-38)24(46)53-19-35(6,20-54-25(47)31(2,11-39)12-40)28(50)57-17-34(5,23(45)52-8)18-58-29(51)36(7,21-55-26(48)32(3,13-41)14-42)22-56-27(49)33(4,15-43)16-44/h37-44H,9-22H2,1-8H3. The minimum Gasteiger partial charge on any atom is -0.468 e. The zero-order chi connectivity index (χ0) is 45.4. The van der Waals surface area contributed by atoms with Gasteiger partial charge in [-0.15, -0.1) is 0 Å². The highest BCUT2D eigenvalue weighted by atomic mass is 16.6. The molecule has 336 valence electrons. The molecule has 0 bridgehead atoms. The van der Waals surface area contributed by atoms with Gasteiger partial charge >= 0.3 is 41.8 Å². The van der Waals surface area contributed by atoms with E-state index in [1.807, 2.05) is 0 Å². The average Bonchev–Trinajstić information content (AvgIpc) is 3.24. The number of carbonyl (C=O) groups is 7. The van der Waals surface area contributed by atoms with E-state index in [1.54, 1.807) is 0 Å². The minimum absolute atomic E-state index is 0.862. The molecule has 0 saturated heterocycles. The van der Waals surface area contributed by atoms with Crippen LogP contribution in [0.4, 0.5) is 0 Å². The SMILES string of the molecule is COC(=O)C(C)(COC(=O)C(C)(COC(=O)C(C)(CO)CO)COC(=O)C(C)(CO)CO)COC(=O)C(C)(COC(=O)C(C)(CO)CO)COC(=O)C(C)(CO)CO. The van der Waals surface area contributed by atoms with Gasteiger partial charge in [-0.25, -0.2) is 0 Å². The van der Waals surface area contributed by atoms with Crippen molar-refractivity contribution in [2.45, 2.75) is 48.5 Å². The molecule has 0 aliphatic carbocycles. The van der Waals surface area contributed by atoms with E-state index < -0.39 is 172 Å². The third-order valence-electron chi connectivity index (χ3n) is 9.56. The normalized spacial score (nSPS) is 12.9. The molecule has 0 aliphatic rings. The second-order valence-corrected chi connectivity index (χ2v) is 16.1. The van der Waals surface area contributed by atoms with Gasteiger partial charge in [0.2, 0.25) is 0 Å². The fraction of sp³-hybridized carbons (Fsp3) is 0.806. The number of carbonyl (C=O) groups excluding carboxylic acids is 7. The molecular formula is C36H60O22. The number of rotatable bonds is 27. The monoisotopic (exact) mass is 844 g/mol. The Morgan fingerprint density at radius 3 is 0.569 bits per heavy atom. The Hall–Kier alpha value is -4.03. The van der Waals surface area contributed by atoms with Crippen molar-refractivity contribution >= 4 is 41.8 Å². The topological polar surface area (TPSA) is 346 Å². The minimum atomic E-state index is -2.10. The highest BCUT2D eigenvalue weighted by Gasteiger charge is 2.48. The fourth-order valence-corrected chi connectivity index (χ4v) is 3.84. The Morgan fingerprint density at radius 1 is 0.293 bits per heavy atom. The molecule has 0 saturated carbocycles. The molecule has 0 radical (unpaired) electrons. The van der Waals surface area contributed by atoms with Gasteiger partial charge in [0, 0.05) is 0 Å². The van der Waals surface area contributed by atoms with Crippen molar-refractivity contribution in [3.8, 4) is 0 Å². The van der Waals surface area contributed by atoms with Crippen LogP contribution in [-0.4, -0.2) is 182 Å². The van der Waals surface area contributed by atoms with Crippen molar-refractivity contribution in [2.24, 2.45) is 37.9 Å². The van der Waals surface area contributed by atoms with E-state index >= 15 is 0 Å². The van der Waals surface area contributed by atoms with Gasteiger partial charge in [0.15, 0.2) is 0 Å².